The number of benzene rings is 1. The maximum atomic E-state index is 13.1. The van der Waals surface area contributed by atoms with Crippen LogP contribution in [0, 0.1) is 11.7 Å². The zero-order valence-electron chi connectivity index (χ0n) is 9.82. The highest BCUT2D eigenvalue weighted by Gasteiger charge is 2.21. The number of rotatable bonds is 2. The minimum Gasteiger partial charge on any atom is -0.478 e. The van der Waals surface area contributed by atoms with Crippen molar-refractivity contribution in [3.05, 3.63) is 29.6 Å². The molecule has 0 bridgehead atoms. The quantitative estimate of drug-likeness (QED) is 0.859. The molecule has 1 heterocycles. The van der Waals surface area contributed by atoms with Crippen molar-refractivity contribution >= 4 is 11.7 Å². The molecule has 0 aliphatic carbocycles. The molecule has 0 spiro atoms. The van der Waals surface area contributed by atoms with Crippen molar-refractivity contribution in [2.75, 3.05) is 18.0 Å². The van der Waals surface area contributed by atoms with Gasteiger partial charge in [-0.1, -0.05) is 6.92 Å². The molecule has 1 unspecified atom stereocenters. The van der Waals surface area contributed by atoms with Crippen LogP contribution >= 0.6 is 0 Å². The van der Waals surface area contributed by atoms with Crippen LogP contribution in [-0.4, -0.2) is 24.2 Å². The molecular weight excluding hydrogens is 221 g/mol. The lowest BCUT2D eigenvalue weighted by atomic mass is 9.99. The van der Waals surface area contributed by atoms with Gasteiger partial charge in [-0.2, -0.15) is 0 Å². The molecule has 1 fully saturated rings. The first-order chi connectivity index (χ1) is 8.08. The minimum atomic E-state index is -1.07. The van der Waals surface area contributed by atoms with Crippen LogP contribution in [0.25, 0.3) is 0 Å². The highest BCUT2D eigenvalue weighted by Crippen LogP contribution is 2.26. The monoisotopic (exact) mass is 237 g/mol. The predicted molar refractivity (Wildman–Crippen MR) is 64.0 cm³/mol. The van der Waals surface area contributed by atoms with E-state index in [0.717, 1.165) is 25.6 Å². The average molecular weight is 237 g/mol. The average Bonchev–Trinajstić information content (AvgIpc) is 2.28. The zero-order chi connectivity index (χ0) is 12.4. The summed E-state index contributed by atoms with van der Waals surface area (Å²) in [7, 11) is 0. The Hall–Kier alpha value is -1.58. The third kappa shape index (κ3) is 2.57. The van der Waals surface area contributed by atoms with Gasteiger partial charge in [-0.3, -0.25) is 0 Å². The number of hydrogen-bond acceptors (Lipinski definition) is 2. The fourth-order valence-corrected chi connectivity index (χ4v) is 2.36. The van der Waals surface area contributed by atoms with Gasteiger partial charge < -0.3 is 10.0 Å². The van der Waals surface area contributed by atoms with Crippen molar-refractivity contribution in [2.24, 2.45) is 5.92 Å². The van der Waals surface area contributed by atoms with E-state index in [1.165, 1.54) is 12.5 Å². The van der Waals surface area contributed by atoms with E-state index in [2.05, 4.69) is 6.92 Å². The minimum absolute atomic E-state index is 0.0547. The van der Waals surface area contributed by atoms with Crippen LogP contribution in [0.2, 0.25) is 0 Å². The molecule has 1 aliphatic heterocycles. The molecule has 1 N–H and O–H groups in total. The third-order valence-electron chi connectivity index (χ3n) is 3.19. The molecule has 1 aliphatic rings. The van der Waals surface area contributed by atoms with E-state index >= 15 is 0 Å². The predicted octanol–water partition coefficient (Wildman–Crippen LogP) is 2.76. The van der Waals surface area contributed by atoms with E-state index in [1.54, 1.807) is 6.07 Å². The van der Waals surface area contributed by atoms with E-state index in [1.807, 2.05) is 4.90 Å². The Kier molecular flexibility index (Phi) is 3.31. The zero-order valence-corrected chi connectivity index (χ0v) is 9.82. The fraction of sp³-hybridized carbons (Fsp3) is 0.462. The summed E-state index contributed by atoms with van der Waals surface area (Å²) in [5, 5.41) is 9.09. The van der Waals surface area contributed by atoms with Crippen LogP contribution in [0.4, 0.5) is 10.1 Å². The molecule has 0 amide bonds. The van der Waals surface area contributed by atoms with Crippen molar-refractivity contribution in [3.63, 3.8) is 0 Å². The highest BCUT2D eigenvalue weighted by molar-refractivity contribution is 5.94. The Morgan fingerprint density at radius 2 is 2.29 bits per heavy atom. The van der Waals surface area contributed by atoms with Gasteiger partial charge in [-0.25, -0.2) is 9.18 Å². The molecule has 1 atom stereocenters. The van der Waals surface area contributed by atoms with E-state index < -0.39 is 11.8 Å². The fourth-order valence-electron chi connectivity index (χ4n) is 2.36. The third-order valence-corrected chi connectivity index (χ3v) is 3.19. The second-order valence-corrected chi connectivity index (χ2v) is 4.66. The van der Waals surface area contributed by atoms with Crippen LogP contribution in [-0.2, 0) is 0 Å². The Labute approximate surface area is 99.9 Å². The number of anilines is 1. The summed E-state index contributed by atoms with van der Waals surface area (Å²) in [5.41, 5.74) is 0.685. The van der Waals surface area contributed by atoms with Crippen LogP contribution in [0.5, 0.6) is 0 Å². The number of carbonyl (C=O) groups is 1. The Morgan fingerprint density at radius 1 is 1.53 bits per heavy atom. The summed E-state index contributed by atoms with van der Waals surface area (Å²) in [6, 6.07) is 3.98. The van der Waals surface area contributed by atoms with Gasteiger partial charge in [-0.05, 0) is 37.0 Å². The summed E-state index contributed by atoms with van der Waals surface area (Å²) in [4.78, 5) is 13.1. The molecular formula is C13H16FNO2. The van der Waals surface area contributed by atoms with Gasteiger partial charge in [-0.15, -0.1) is 0 Å². The first kappa shape index (κ1) is 11.9. The number of piperidine rings is 1. The molecule has 4 heteroatoms. The lowest BCUT2D eigenvalue weighted by Crippen LogP contribution is -2.35. The Balaban J connectivity index is 2.33. The summed E-state index contributed by atoms with van der Waals surface area (Å²) in [6.45, 7) is 3.83. The topological polar surface area (TPSA) is 40.5 Å². The van der Waals surface area contributed by atoms with E-state index in [9.17, 15) is 9.18 Å². The maximum Gasteiger partial charge on any atom is 0.337 e. The summed E-state index contributed by atoms with van der Waals surface area (Å²) >= 11 is 0. The molecule has 17 heavy (non-hydrogen) atoms. The van der Waals surface area contributed by atoms with Crippen molar-refractivity contribution in [2.45, 2.75) is 19.8 Å². The number of halogens is 1. The molecule has 92 valence electrons. The normalized spacial score (nSPS) is 20.4. The van der Waals surface area contributed by atoms with Crippen molar-refractivity contribution < 1.29 is 14.3 Å². The van der Waals surface area contributed by atoms with Gasteiger partial charge in [0.05, 0.1) is 11.3 Å². The Bertz CT molecular complexity index is 433. The van der Waals surface area contributed by atoms with Crippen LogP contribution in [0.1, 0.15) is 30.1 Å². The second-order valence-electron chi connectivity index (χ2n) is 4.66. The van der Waals surface area contributed by atoms with Crippen molar-refractivity contribution in [1.82, 2.24) is 0 Å². The molecule has 0 aromatic heterocycles. The number of nitrogens with zero attached hydrogens (tertiary/aromatic N) is 1. The van der Waals surface area contributed by atoms with Gasteiger partial charge in [0, 0.05) is 13.1 Å². The molecule has 1 aromatic carbocycles. The Morgan fingerprint density at radius 3 is 2.94 bits per heavy atom. The van der Waals surface area contributed by atoms with E-state index in [-0.39, 0.29) is 5.56 Å². The van der Waals surface area contributed by atoms with E-state index in [4.69, 9.17) is 5.11 Å². The van der Waals surface area contributed by atoms with E-state index in [0.29, 0.717) is 11.6 Å². The largest absolute Gasteiger partial charge is 0.478 e. The van der Waals surface area contributed by atoms with Gasteiger partial charge in [0.15, 0.2) is 0 Å². The lowest BCUT2D eigenvalue weighted by Gasteiger charge is -2.33. The van der Waals surface area contributed by atoms with Gasteiger partial charge in [0.2, 0.25) is 0 Å². The molecule has 1 saturated heterocycles. The maximum absolute atomic E-state index is 13.1. The number of aromatic carboxylic acids is 1. The summed E-state index contributed by atoms with van der Waals surface area (Å²) in [6.07, 6.45) is 2.22. The molecule has 2 rings (SSSR count). The molecule has 3 nitrogen and oxygen atoms in total. The highest BCUT2D eigenvalue weighted by atomic mass is 19.1. The second kappa shape index (κ2) is 4.73. The van der Waals surface area contributed by atoms with Gasteiger partial charge >= 0.3 is 5.97 Å². The van der Waals surface area contributed by atoms with Crippen molar-refractivity contribution in [1.29, 1.82) is 0 Å². The number of carboxylic acid groups (broad SMARTS) is 1. The summed E-state index contributed by atoms with van der Waals surface area (Å²) < 4.78 is 13.1. The number of carboxylic acids is 1. The standard InChI is InChI=1S/C13H16FNO2/c1-9-3-2-6-15(8-9)12-5-4-10(14)7-11(12)13(16)17/h4-5,7,9H,2-3,6,8H2,1H3,(H,16,17). The molecule has 1 aromatic rings. The van der Waals surface area contributed by atoms with Crippen LogP contribution in [0.15, 0.2) is 18.2 Å². The van der Waals surface area contributed by atoms with Gasteiger partial charge in [0.25, 0.3) is 0 Å². The smallest absolute Gasteiger partial charge is 0.337 e. The number of hydrogen-bond donors (Lipinski definition) is 1. The first-order valence-electron chi connectivity index (χ1n) is 5.85. The summed E-state index contributed by atoms with van der Waals surface area (Å²) in [5.74, 6) is -1.02. The van der Waals surface area contributed by atoms with Gasteiger partial charge in [0.1, 0.15) is 5.82 Å². The lowest BCUT2D eigenvalue weighted by molar-refractivity contribution is 0.0697. The van der Waals surface area contributed by atoms with Crippen LogP contribution < -0.4 is 4.90 Å². The SMILES string of the molecule is CC1CCCN(c2ccc(F)cc2C(=O)O)C1. The van der Waals surface area contributed by atoms with Crippen LogP contribution in [0.3, 0.4) is 0 Å². The molecule has 0 saturated carbocycles. The molecule has 0 radical (unpaired) electrons. The van der Waals surface area contributed by atoms with Crippen molar-refractivity contribution in [3.8, 4) is 0 Å². The first-order valence-corrected chi connectivity index (χ1v) is 5.85.